The van der Waals surface area contributed by atoms with Crippen LogP contribution in [0.4, 0.5) is 0 Å². The van der Waals surface area contributed by atoms with Gasteiger partial charge in [-0.25, -0.2) is 0 Å². The predicted molar refractivity (Wildman–Crippen MR) is 93.9 cm³/mol. The summed E-state index contributed by atoms with van der Waals surface area (Å²) in [7, 11) is 0. The normalized spacial score (nSPS) is 11.8. The van der Waals surface area contributed by atoms with Gasteiger partial charge in [0, 0.05) is 13.1 Å². The largest absolute Gasteiger partial charge is 0.382 e. The maximum Gasteiger partial charge on any atom is 0.372 e. The van der Waals surface area contributed by atoms with Gasteiger partial charge in [0.15, 0.2) is 0 Å². The average molecular weight is 299 g/mol. The molecule has 0 saturated carbocycles. The number of hydrogen-bond donors (Lipinski definition) is 0. The first kappa shape index (κ1) is 20.4. The maximum atomic E-state index is 2.86. The molecular formula is C16H38AlN3. The van der Waals surface area contributed by atoms with Gasteiger partial charge >= 0.3 is 14.4 Å². The Hall–Kier alpha value is 0.412. The second-order valence-electron chi connectivity index (χ2n) is 5.56. The van der Waals surface area contributed by atoms with Crippen molar-refractivity contribution in [1.29, 1.82) is 0 Å². The lowest BCUT2D eigenvalue weighted by Crippen LogP contribution is -2.46. The first-order valence-electron chi connectivity index (χ1n) is 8.85. The van der Waals surface area contributed by atoms with Crippen LogP contribution in [0.5, 0.6) is 0 Å². The molecule has 0 aromatic rings. The molecule has 3 nitrogen and oxygen atoms in total. The van der Waals surface area contributed by atoms with Crippen LogP contribution in [0.1, 0.15) is 41.5 Å². The molecule has 0 aliphatic heterocycles. The van der Waals surface area contributed by atoms with E-state index in [9.17, 15) is 0 Å². The quantitative estimate of drug-likeness (QED) is 0.484. The van der Waals surface area contributed by atoms with Crippen molar-refractivity contribution in [3.8, 4) is 0 Å². The molecule has 0 radical (unpaired) electrons. The minimum Gasteiger partial charge on any atom is -0.382 e. The van der Waals surface area contributed by atoms with Gasteiger partial charge in [0.05, 0.1) is 0 Å². The summed E-state index contributed by atoms with van der Waals surface area (Å²) in [6.45, 7) is 23.7. The maximum absolute atomic E-state index is 2.86. The van der Waals surface area contributed by atoms with Crippen LogP contribution in [0.25, 0.3) is 0 Å². The molecule has 0 amide bonds. The standard InChI is InChI=1S/C12H28N3.2C2H5.Al/c1-5-14(6-2)11-9-13-10-12-15(7-3)8-4;2*1-2;/h5-12H2,1-4H3;2*1H2,2H3;/q-1;;;+1. The Morgan fingerprint density at radius 2 is 0.900 bits per heavy atom. The van der Waals surface area contributed by atoms with Gasteiger partial charge in [-0.15, -0.1) is 0 Å². The molecule has 0 atom stereocenters. The average Bonchev–Trinajstić information content (AvgIpc) is 2.49. The fourth-order valence-corrected chi connectivity index (χ4v) is 5.47. The van der Waals surface area contributed by atoms with E-state index >= 15 is 0 Å². The highest BCUT2D eigenvalue weighted by molar-refractivity contribution is 6.55. The summed E-state index contributed by atoms with van der Waals surface area (Å²) in [5.74, 6) is 0. The van der Waals surface area contributed by atoms with Gasteiger partial charge in [0.1, 0.15) is 0 Å². The minimum atomic E-state index is -0.689. The van der Waals surface area contributed by atoms with Crippen LogP contribution in [0.3, 0.4) is 0 Å². The highest BCUT2D eigenvalue weighted by Gasteiger charge is 2.22. The Bertz CT molecular complexity index is 186. The third-order valence-corrected chi connectivity index (χ3v) is 8.09. The zero-order chi connectivity index (χ0) is 15.4. The second-order valence-corrected chi connectivity index (χ2v) is 9.23. The van der Waals surface area contributed by atoms with E-state index in [2.05, 4.69) is 55.2 Å². The summed E-state index contributed by atoms with van der Waals surface area (Å²) in [6, 6.07) is 0. The van der Waals surface area contributed by atoms with Gasteiger partial charge in [-0.2, -0.15) is 0 Å². The van der Waals surface area contributed by atoms with Crippen LogP contribution < -0.4 is 0 Å². The van der Waals surface area contributed by atoms with Crippen molar-refractivity contribution in [3.63, 3.8) is 0 Å². The zero-order valence-electron chi connectivity index (χ0n) is 15.0. The van der Waals surface area contributed by atoms with Crippen molar-refractivity contribution in [1.82, 2.24) is 13.7 Å². The number of hydrogen-bond acceptors (Lipinski definition) is 3. The number of nitrogens with zero attached hydrogens (tertiary/aromatic N) is 3. The Morgan fingerprint density at radius 3 is 1.15 bits per heavy atom. The van der Waals surface area contributed by atoms with E-state index in [-0.39, 0.29) is 0 Å². The molecule has 0 fully saturated rings. The molecule has 0 heterocycles. The van der Waals surface area contributed by atoms with E-state index in [4.69, 9.17) is 0 Å². The minimum absolute atomic E-state index is 0.689. The summed E-state index contributed by atoms with van der Waals surface area (Å²) in [4.78, 5) is 5.11. The van der Waals surface area contributed by atoms with Gasteiger partial charge in [0.25, 0.3) is 0 Å². The third kappa shape index (κ3) is 8.00. The molecule has 0 spiro atoms. The van der Waals surface area contributed by atoms with Gasteiger partial charge in [-0.1, -0.05) is 52.1 Å². The molecule has 0 N–H and O–H groups in total. The van der Waals surface area contributed by atoms with Crippen molar-refractivity contribution in [2.24, 2.45) is 0 Å². The van der Waals surface area contributed by atoms with E-state index in [1.54, 1.807) is 0 Å². The lowest BCUT2D eigenvalue weighted by atomic mass is 10.4. The summed E-state index contributed by atoms with van der Waals surface area (Å²) in [5.41, 5.74) is 0. The van der Waals surface area contributed by atoms with Crippen molar-refractivity contribution >= 4 is 14.4 Å². The summed E-state index contributed by atoms with van der Waals surface area (Å²) < 4.78 is 2.86. The lowest BCUT2D eigenvalue weighted by molar-refractivity contribution is 0.240. The summed E-state index contributed by atoms with van der Waals surface area (Å²) in [6.07, 6.45) is 0. The molecule has 120 valence electrons. The van der Waals surface area contributed by atoms with Crippen LogP contribution >= 0.6 is 0 Å². The monoisotopic (exact) mass is 299 g/mol. The van der Waals surface area contributed by atoms with E-state index in [0.717, 1.165) is 0 Å². The van der Waals surface area contributed by atoms with Crippen molar-refractivity contribution in [3.05, 3.63) is 0 Å². The first-order valence-corrected chi connectivity index (χ1v) is 11.0. The van der Waals surface area contributed by atoms with Gasteiger partial charge in [0.2, 0.25) is 0 Å². The Kier molecular flexibility index (Phi) is 13.4. The van der Waals surface area contributed by atoms with E-state index in [1.807, 2.05) is 0 Å². The SMILES string of the molecule is CCN(CC)CC[N](CCN(CC)CC)[Al]([CH2]C)[CH2]C. The highest BCUT2D eigenvalue weighted by atomic mass is 27.2. The molecule has 4 heteroatoms. The number of likely N-dealkylation sites (N-methyl/N-ethyl adjacent to an activating group) is 2. The van der Waals surface area contributed by atoms with Crippen LogP contribution in [0, 0.1) is 0 Å². The van der Waals surface area contributed by atoms with Gasteiger partial charge in [-0.3, -0.25) is 0 Å². The molecule has 0 rings (SSSR count). The molecule has 0 aliphatic carbocycles. The van der Waals surface area contributed by atoms with Gasteiger partial charge < -0.3 is 13.7 Å². The van der Waals surface area contributed by atoms with E-state index in [0.29, 0.717) is 0 Å². The molecule has 0 saturated heterocycles. The van der Waals surface area contributed by atoms with Crippen LogP contribution in [-0.4, -0.2) is 80.4 Å². The zero-order valence-corrected chi connectivity index (χ0v) is 16.1. The molecular weight excluding hydrogens is 261 g/mol. The first-order chi connectivity index (χ1) is 9.66. The van der Waals surface area contributed by atoms with Crippen LogP contribution in [0.2, 0.25) is 10.6 Å². The Balaban J connectivity index is 4.40. The Morgan fingerprint density at radius 1 is 0.550 bits per heavy atom. The summed E-state index contributed by atoms with van der Waals surface area (Å²) >= 11 is -0.689. The second kappa shape index (κ2) is 13.1. The number of rotatable bonds is 13. The van der Waals surface area contributed by atoms with Crippen LogP contribution in [-0.2, 0) is 0 Å². The molecule has 0 aromatic heterocycles. The third-order valence-electron chi connectivity index (χ3n) is 4.65. The van der Waals surface area contributed by atoms with Crippen molar-refractivity contribution in [2.75, 3.05) is 52.4 Å². The fraction of sp³-hybridized carbons (Fsp3) is 1.00. The van der Waals surface area contributed by atoms with Gasteiger partial charge in [-0.05, 0) is 39.3 Å². The van der Waals surface area contributed by atoms with E-state index < -0.39 is 14.4 Å². The molecule has 0 bridgehead atoms. The molecule has 0 unspecified atom stereocenters. The van der Waals surface area contributed by atoms with Crippen LogP contribution in [0.15, 0.2) is 0 Å². The molecule has 0 aliphatic rings. The van der Waals surface area contributed by atoms with Crippen molar-refractivity contribution < 1.29 is 0 Å². The Labute approximate surface area is 132 Å². The lowest BCUT2D eigenvalue weighted by Gasteiger charge is -2.32. The molecule has 0 aromatic carbocycles. The molecule has 20 heavy (non-hydrogen) atoms. The summed E-state index contributed by atoms with van der Waals surface area (Å²) in [5, 5.41) is 2.82. The topological polar surface area (TPSA) is 9.72 Å². The highest BCUT2D eigenvalue weighted by Crippen LogP contribution is 2.06. The smallest absolute Gasteiger partial charge is 0.372 e. The van der Waals surface area contributed by atoms with Crippen molar-refractivity contribution in [2.45, 2.75) is 52.1 Å². The fourth-order valence-electron chi connectivity index (χ4n) is 2.90. The van der Waals surface area contributed by atoms with E-state index in [1.165, 1.54) is 62.9 Å². The predicted octanol–water partition coefficient (Wildman–Crippen LogP) is 3.00.